The summed E-state index contributed by atoms with van der Waals surface area (Å²) >= 11 is 0. The number of rotatable bonds is 3. The first-order chi connectivity index (χ1) is 9.18. The van der Waals surface area contributed by atoms with Crippen LogP contribution in [0.15, 0.2) is 18.2 Å². The number of benzene rings is 1. The van der Waals surface area contributed by atoms with Gasteiger partial charge in [-0.25, -0.2) is 4.39 Å². The standard InChI is InChI=1S/C10H8F2N2O5S/c11-6-1-7(3-8(2-6)14(16)17)13-5-9(4-10(13)15)20(12,18)19/h1-3,9H,4-5H2. The number of hydrogen-bond acceptors (Lipinski definition) is 5. The van der Waals surface area contributed by atoms with Gasteiger partial charge in [-0.05, 0) is 6.07 Å². The van der Waals surface area contributed by atoms with Crippen molar-refractivity contribution in [1.29, 1.82) is 0 Å². The number of nitro benzene ring substituents is 1. The molecule has 1 atom stereocenters. The van der Waals surface area contributed by atoms with Crippen LogP contribution < -0.4 is 4.90 Å². The summed E-state index contributed by atoms with van der Waals surface area (Å²) in [6, 6.07) is 2.43. The number of anilines is 1. The van der Waals surface area contributed by atoms with Crippen molar-refractivity contribution in [2.45, 2.75) is 11.7 Å². The Kier molecular flexibility index (Phi) is 3.42. The predicted octanol–water partition coefficient (Wildman–Crippen LogP) is 1.14. The number of halogens is 2. The summed E-state index contributed by atoms with van der Waals surface area (Å²) in [7, 11) is -4.90. The maximum Gasteiger partial charge on any atom is 0.307 e. The van der Waals surface area contributed by atoms with Crippen molar-refractivity contribution < 1.29 is 26.4 Å². The third-order valence-electron chi connectivity index (χ3n) is 2.88. The minimum atomic E-state index is -4.90. The van der Waals surface area contributed by atoms with Gasteiger partial charge in [0.2, 0.25) is 5.91 Å². The molecule has 7 nitrogen and oxygen atoms in total. The zero-order valence-corrected chi connectivity index (χ0v) is 10.6. The topological polar surface area (TPSA) is 97.6 Å². The molecule has 0 radical (unpaired) electrons. The first-order valence-electron chi connectivity index (χ1n) is 5.37. The first-order valence-corrected chi connectivity index (χ1v) is 6.82. The number of hydrogen-bond donors (Lipinski definition) is 0. The van der Waals surface area contributed by atoms with E-state index in [0.717, 1.165) is 17.0 Å². The van der Waals surface area contributed by atoms with Gasteiger partial charge in [0, 0.05) is 19.0 Å². The molecule has 2 rings (SSSR count). The van der Waals surface area contributed by atoms with Crippen LogP contribution in [-0.4, -0.2) is 31.0 Å². The highest BCUT2D eigenvalue weighted by molar-refractivity contribution is 7.87. The van der Waals surface area contributed by atoms with E-state index in [4.69, 9.17) is 0 Å². The molecule has 1 unspecified atom stereocenters. The minimum absolute atomic E-state index is 0.173. The molecule has 1 fully saturated rings. The molecule has 1 heterocycles. The second kappa shape index (κ2) is 4.78. The average Bonchev–Trinajstić information content (AvgIpc) is 2.70. The van der Waals surface area contributed by atoms with E-state index in [1.807, 2.05) is 0 Å². The molecule has 1 amide bonds. The van der Waals surface area contributed by atoms with Gasteiger partial charge in [-0.3, -0.25) is 14.9 Å². The van der Waals surface area contributed by atoms with E-state index in [1.54, 1.807) is 0 Å². The number of nitro groups is 1. The monoisotopic (exact) mass is 306 g/mol. The fourth-order valence-corrected chi connectivity index (χ4v) is 2.60. The summed E-state index contributed by atoms with van der Waals surface area (Å²) in [6.07, 6.45) is -0.580. The Balaban J connectivity index is 2.38. The van der Waals surface area contributed by atoms with Crippen molar-refractivity contribution in [2.75, 3.05) is 11.4 Å². The fraction of sp³-hybridized carbons (Fsp3) is 0.300. The number of carbonyl (C=O) groups excluding carboxylic acids is 1. The lowest BCUT2D eigenvalue weighted by molar-refractivity contribution is -0.385. The Morgan fingerprint density at radius 1 is 1.35 bits per heavy atom. The van der Waals surface area contributed by atoms with E-state index in [2.05, 4.69) is 0 Å². The second-order valence-corrected chi connectivity index (χ2v) is 5.85. The Labute approximate surface area is 112 Å². The molecule has 0 saturated carbocycles. The van der Waals surface area contributed by atoms with Gasteiger partial charge in [0.05, 0.1) is 16.7 Å². The van der Waals surface area contributed by atoms with Crippen LogP contribution in [0.4, 0.5) is 19.7 Å². The first kappa shape index (κ1) is 14.3. The van der Waals surface area contributed by atoms with Gasteiger partial charge >= 0.3 is 10.2 Å². The summed E-state index contributed by atoms with van der Waals surface area (Å²) in [5.41, 5.74) is -0.757. The Hall–Kier alpha value is -2.10. The summed E-state index contributed by atoms with van der Waals surface area (Å²) in [4.78, 5) is 22.2. The number of non-ortho nitro benzene ring substituents is 1. The molecule has 0 spiro atoms. The van der Waals surface area contributed by atoms with E-state index >= 15 is 0 Å². The molecule has 0 aliphatic carbocycles. The van der Waals surface area contributed by atoms with Crippen LogP contribution in [0, 0.1) is 15.9 Å². The van der Waals surface area contributed by atoms with Crippen molar-refractivity contribution in [3.8, 4) is 0 Å². The minimum Gasteiger partial charge on any atom is -0.311 e. The quantitative estimate of drug-likeness (QED) is 0.474. The van der Waals surface area contributed by atoms with Gasteiger partial charge in [0.1, 0.15) is 11.1 Å². The SMILES string of the molecule is O=C1CC(S(=O)(=O)F)CN1c1cc(F)cc([N+](=O)[O-])c1. The molecule has 1 saturated heterocycles. The van der Waals surface area contributed by atoms with Gasteiger partial charge in [-0.15, -0.1) is 3.89 Å². The molecule has 1 aromatic rings. The number of nitrogens with zero attached hydrogens (tertiary/aromatic N) is 2. The number of carbonyl (C=O) groups is 1. The zero-order chi connectivity index (χ0) is 15.1. The summed E-state index contributed by atoms with van der Waals surface area (Å²) in [6.45, 7) is -0.502. The largest absolute Gasteiger partial charge is 0.311 e. The van der Waals surface area contributed by atoms with Crippen LogP contribution in [-0.2, 0) is 15.0 Å². The van der Waals surface area contributed by atoms with Crippen LogP contribution in [0.1, 0.15) is 6.42 Å². The third-order valence-corrected chi connectivity index (χ3v) is 3.99. The van der Waals surface area contributed by atoms with Crippen LogP contribution >= 0.6 is 0 Å². The van der Waals surface area contributed by atoms with Gasteiger partial charge in [-0.1, -0.05) is 0 Å². The predicted molar refractivity (Wildman–Crippen MR) is 63.8 cm³/mol. The van der Waals surface area contributed by atoms with Crippen LogP contribution in [0.2, 0.25) is 0 Å². The smallest absolute Gasteiger partial charge is 0.307 e. The van der Waals surface area contributed by atoms with E-state index in [9.17, 15) is 31.6 Å². The fourth-order valence-electron chi connectivity index (χ4n) is 1.93. The van der Waals surface area contributed by atoms with Crippen molar-refractivity contribution in [2.24, 2.45) is 0 Å². The summed E-state index contributed by atoms with van der Waals surface area (Å²) < 4.78 is 47.7. The van der Waals surface area contributed by atoms with Crippen LogP contribution in [0.25, 0.3) is 0 Å². The van der Waals surface area contributed by atoms with E-state index in [0.29, 0.717) is 6.07 Å². The maximum atomic E-state index is 13.3. The highest BCUT2D eigenvalue weighted by Gasteiger charge is 2.39. The van der Waals surface area contributed by atoms with Crippen molar-refractivity contribution >= 4 is 27.5 Å². The van der Waals surface area contributed by atoms with Gasteiger partial charge in [0.15, 0.2) is 0 Å². The lowest BCUT2D eigenvalue weighted by Gasteiger charge is -2.15. The Morgan fingerprint density at radius 3 is 2.50 bits per heavy atom. The van der Waals surface area contributed by atoms with Crippen LogP contribution in [0.5, 0.6) is 0 Å². The lowest BCUT2D eigenvalue weighted by atomic mass is 10.2. The van der Waals surface area contributed by atoms with Crippen molar-refractivity contribution in [3.05, 3.63) is 34.1 Å². The van der Waals surface area contributed by atoms with E-state index in [-0.39, 0.29) is 5.69 Å². The second-order valence-electron chi connectivity index (χ2n) is 4.23. The normalized spacial score (nSPS) is 19.4. The third kappa shape index (κ3) is 2.74. The molecule has 108 valence electrons. The van der Waals surface area contributed by atoms with Crippen LogP contribution in [0.3, 0.4) is 0 Å². The van der Waals surface area contributed by atoms with Gasteiger partial charge in [-0.2, -0.15) is 8.42 Å². The van der Waals surface area contributed by atoms with Crippen molar-refractivity contribution in [3.63, 3.8) is 0 Å². The molecular weight excluding hydrogens is 298 g/mol. The zero-order valence-electron chi connectivity index (χ0n) is 9.82. The summed E-state index contributed by atoms with van der Waals surface area (Å²) in [5, 5.41) is 9.06. The Morgan fingerprint density at radius 2 is 2.00 bits per heavy atom. The lowest BCUT2D eigenvalue weighted by Crippen LogP contribution is -2.27. The maximum absolute atomic E-state index is 13.3. The highest BCUT2D eigenvalue weighted by atomic mass is 32.3. The molecule has 0 bridgehead atoms. The molecule has 0 N–H and O–H groups in total. The number of amides is 1. The van der Waals surface area contributed by atoms with E-state index < -0.39 is 50.8 Å². The molecular formula is C10H8F2N2O5S. The molecule has 10 heteroatoms. The molecule has 20 heavy (non-hydrogen) atoms. The molecule has 1 aliphatic heterocycles. The molecule has 1 aromatic carbocycles. The average molecular weight is 306 g/mol. The Bertz CT molecular complexity index is 691. The van der Waals surface area contributed by atoms with E-state index in [1.165, 1.54) is 0 Å². The van der Waals surface area contributed by atoms with Gasteiger partial charge in [0.25, 0.3) is 5.69 Å². The molecule has 1 aliphatic rings. The summed E-state index contributed by atoms with van der Waals surface area (Å²) in [5.74, 6) is -1.69. The van der Waals surface area contributed by atoms with Gasteiger partial charge < -0.3 is 4.90 Å². The molecule has 0 aromatic heterocycles. The van der Waals surface area contributed by atoms with Crippen molar-refractivity contribution in [1.82, 2.24) is 0 Å². The highest BCUT2D eigenvalue weighted by Crippen LogP contribution is 2.29.